The largest absolute Gasteiger partial charge is 0.455 e. The second-order valence-corrected chi connectivity index (χ2v) is 14.6. The summed E-state index contributed by atoms with van der Waals surface area (Å²) in [5, 5.41) is 37.9. The Hall–Kier alpha value is -7.72. The maximum atomic E-state index is 9.55. The molecule has 0 atom stereocenters. The summed E-state index contributed by atoms with van der Waals surface area (Å²) in [6, 6.07) is 60.6. The second-order valence-electron chi connectivity index (χ2n) is 14.6. The lowest BCUT2D eigenvalue weighted by atomic mass is 9.89. The number of hydrogen-bond donors (Lipinski definition) is 0. The Morgan fingerprint density at radius 3 is 1.56 bits per heavy atom. The van der Waals surface area contributed by atoms with Crippen LogP contribution in [-0.4, -0.2) is 0 Å². The fourth-order valence-electron chi connectivity index (χ4n) is 9.25. The first-order chi connectivity index (χ1) is 27.1. The normalized spacial score (nSPS) is 12.0. The van der Waals surface area contributed by atoms with Gasteiger partial charge in [0.15, 0.2) is 0 Å². The van der Waals surface area contributed by atoms with Crippen LogP contribution in [0.2, 0.25) is 0 Å². The molecule has 0 radical (unpaired) electrons. The van der Waals surface area contributed by atoms with Gasteiger partial charge in [-0.15, -0.1) is 0 Å². The van der Waals surface area contributed by atoms with Gasteiger partial charge in [-0.1, -0.05) is 121 Å². The van der Waals surface area contributed by atoms with Crippen molar-refractivity contribution in [3.05, 3.63) is 169 Å². The van der Waals surface area contributed by atoms with E-state index >= 15 is 0 Å². The van der Waals surface area contributed by atoms with Gasteiger partial charge in [0.2, 0.25) is 0 Å². The molecule has 3 nitrogen and oxygen atoms in total. The summed E-state index contributed by atoms with van der Waals surface area (Å²) in [7, 11) is 0. The molecule has 0 saturated heterocycles. The molecule has 0 amide bonds. The number of furan rings is 1. The summed E-state index contributed by atoms with van der Waals surface area (Å²) in [4.78, 5) is 0. The van der Waals surface area contributed by atoms with Crippen LogP contribution in [0.4, 0.5) is 0 Å². The first-order valence-electron chi connectivity index (χ1n) is 18.4. The molecule has 0 aliphatic rings. The van der Waals surface area contributed by atoms with Crippen molar-refractivity contribution in [2.24, 2.45) is 0 Å². The van der Waals surface area contributed by atoms with Gasteiger partial charge >= 0.3 is 0 Å². The molecule has 3 heteroatoms. The van der Waals surface area contributed by atoms with Crippen LogP contribution in [0.15, 0.2) is 162 Å². The standard InChI is InChI=1S/C52H26N2O/c53-27-37-22-34-18-17-33(21-36(34)23-38(37)28-54)29-11-13-30(14-12-29)35-19-20-41-44(24-35)39-7-1-2-8-40(39)45-25-47-48(26-46(41)45)55-52-43-10-4-6-32-16-15-31-5-3-9-42(51(47)52)49(31)50(32)43/h1-26H. The van der Waals surface area contributed by atoms with Crippen LogP contribution in [0.3, 0.4) is 0 Å². The van der Waals surface area contributed by atoms with Crippen LogP contribution in [-0.2, 0) is 0 Å². The van der Waals surface area contributed by atoms with Gasteiger partial charge in [0, 0.05) is 21.5 Å². The second kappa shape index (κ2) is 10.9. The van der Waals surface area contributed by atoms with E-state index in [1.165, 1.54) is 64.6 Å². The molecule has 0 fully saturated rings. The highest BCUT2D eigenvalue weighted by molar-refractivity contribution is 6.38. The van der Waals surface area contributed by atoms with E-state index in [1.54, 1.807) is 12.1 Å². The zero-order valence-electron chi connectivity index (χ0n) is 29.3. The molecular formula is C52H26N2O. The molecule has 55 heavy (non-hydrogen) atoms. The van der Waals surface area contributed by atoms with Gasteiger partial charge in [-0.3, -0.25) is 0 Å². The fraction of sp³-hybridized carbons (Fsp3) is 0. The van der Waals surface area contributed by atoms with Crippen molar-refractivity contribution in [2.45, 2.75) is 0 Å². The molecule has 0 unspecified atom stereocenters. The number of nitriles is 2. The van der Waals surface area contributed by atoms with Crippen molar-refractivity contribution >= 4 is 97.3 Å². The Balaban J connectivity index is 1.03. The topological polar surface area (TPSA) is 60.7 Å². The Bertz CT molecular complexity index is 3730. The molecule has 0 aliphatic heterocycles. The van der Waals surface area contributed by atoms with Crippen molar-refractivity contribution in [2.75, 3.05) is 0 Å². The third-order valence-electron chi connectivity index (χ3n) is 11.8. The van der Waals surface area contributed by atoms with Crippen molar-refractivity contribution < 1.29 is 4.42 Å². The fourth-order valence-corrected chi connectivity index (χ4v) is 9.25. The van der Waals surface area contributed by atoms with Crippen LogP contribution in [0, 0.1) is 22.7 Å². The lowest BCUT2D eigenvalue weighted by Gasteiger charge is -2.13. The molecule has 250 valence electrons. The van der Waals surface area contributed by atoms with Crippen molar-refractivity contribution in [1.82, 2.24) is 0 Å². The Kier molecular flexibility index (Phi) is 5.91. The maximum Gasteiger partial charge on any atom is 0.143 e. The monoisotopic (exact) mass is 694 g/mol. The number of rotatable bonds is 2. The first-order valence-corrected chi connectivity index (χ1v) is 18.4. The number of fused-ring (bicyclic) bond motifs is 12. The molecule has 12 aromatic rings. The number of hydrogen-bond acceptors (Lipinski definition) is 3. The molecule has 1 heterocycles. The minimum absolute atomic E-state index is 0.397. The summed E-state index contributed by atoms with van der Waals surface area (Å²) < 4.78 is 6.90. The van der Waals surface area contributed by atoms with Gasteiger partial charge in [0.05, 0.1) is 11.1 Å². The van der Waals surface area contributed by atoms with E-state index in [2.05, 4.69) is 152 Å². The van der Waals surface area contributed by atoms with Gasteiger partial charge < -0.3 is 4.42 Å². The zero-order chi connectivity index (χ0) is 36.4. The molecule has 0 N–H and O–H groups in total. The van der Waals surface area contributed by atoms with Crippen molar-refractivity contribution in [3.63, 3.8) is 0 Å². The summed E-state index contributed by atoms with van der Waals surface area (Å²) >= 11 is 0. The van der Waals surface area contributed by atoms with Gasteiger partial charge in [0.25, 0.3) is 0 Å². The molecule has 1 aromatic heterocycles. The van der Waals surface area contributed by atoms with E-state index in [4.69, 9.17) is 4.42 Å². The molecule has 0 saturated carbocycles. The van der Waals surface area contributed by atoms with Crippen LogP contribution in [0.25, 0.3) is 120 Å². The molecule has 0 spiro atoms. The first kappa shape index (κ1) is 29.8. The molecule has 12 rings (SSSR count). The third-order valence-corrected chi connectivity index (χ3v) is 11.8. The Morgan fingerprint density at radius 1 is 0.327 bits per heavy atom. The number of nitrogens with zero attached hydrogens (tertiary/aromatic N) is 2. The average Bonchev–Trinajstić information content (AvgIpc) is 3.63. The summed E-state index contributed by atoms with van der Waals surface area (Å²) in [5.74, 6) is 0. The molecule has 11 aromatic carbocycles. The highest BCUT2D eigenvalue weighted by Crippen LogP contribution is 2.47. The van der Waals surface area contributed by atoms with Crippen molar-refractivity contribution in [1.29, 1.82) is 10.5 Å². The minimum atomic E-state index is 0.397. The third kappa shape index (κ3) is 4.13. The summed E-state index contributed by atoms with van der Waals surface area (Å²) in [5.41, 5.74) is 7.09. The van der Waals surface area contributed by atoms with Gasteiger partial charge in [0.1, 0.15) is 23.3 Å². The SMILES string of the molecule is N#Cc1cc2ccc(-c3ccc(-c4ccc5c(c4)c4ccccc4c4cc6c(cc54)oc4c5cccc7ccc8cccc(c64)c8c75)cc3)cc2cc1C#N. The molecular weight excluding hydrogens is 669 g/mol. The highest BCUT2D eigenvalue weighted by atomic mass is 16.3. The van der Waals surface area contributed by atoms with E-state index < -0.39 is 0 Å². The van der Waals surface area contributed by atoms with Crippen LogP contribution < -0.4 is 0 Å². The summed E-state index contributed by atoms with van der Waals surface area (Å²) in [6.45, 7) is 0. The number of benzene rings is 11. The van der Waals surface area contributed by atoms with E-state index in [0.29, 0.717) is 11.1 Å². The maximum absolute atomic E-state index is 9.55. The van der Waals surface area contributed by atoms with E-state index in [0.717, 1.165) is 55.0 Å². The minimum Gasteiger partial charge on any atom is -0.455 e. The smallest absolute Gasteiger partial charge is 0.143 e. The predicted molar refractivity (Wildman–Crippen MR) is 228 cm³/mol. The Morgan fingerprint density at radius 2 is 0.855 bits per heavy atom. The van der Waals surface area contributed by atoms with Crippen LogP contribution >= 0.6 is 0 Å². The molecule has 0 aliphatic carbocycles. The predicted octanol–water partition coefficient (Wildman–Crippen LogP) is 14.2. The van der Waals surface area contributed by atoms with E-state index in [9.17, 15) is 10.5 Å². The molecule has 0 bridgehead atoms. The zero-order valence-corrected chi connectivity index (χ0v) is 29.3. The summed E-state index contributed by atoms with van der Waals surface area (Å²) in [6.07, 6.45) is 0. The van der Waals surface area contributed by atoms with Crippen LogP contribution in [0.5, 0.6) is 0 Å². The Labute approximate surface area is 314 Å². The lowest BCUT2D eigenvalue weighted by molar-refractivity contribution is 0.673. The van der Waals surface area contributed by atoms with Gasteiger partial charge in [-0.25, -0.2) is 0 Å². The van der Waals surface area contributed by atoms with Gasteiger partial charge in [-0.05, 0) is 123 Å². The highest BCUT2D eigenvalue weighted by Gasteiger charge is 2.20. The quantitative estimate of drug-likeness (QED) is 0.169. The van der Waals surface area contributed by atoms with E-state index in [-0.39, 0.29) is 0 Å². The average molecular weight is 695 g/mol. The van der Waals surface area contributed by atoms with Gasteiger partial charge in [-0.2, -0.15) is 10.5 Å². The lowest BCUT2D eigenvalue weighted by Crippen LogP contribution is -1.87. The van der Waals surface area contributed by atoms with E-state index in [1.807, 2.05) is 6.07 Å². The van der Waals surface area contributed by atoms with Crippen LogP contribution in [0.1, 0.15) is 11.1 Å². The van der Waals surface area contributed by atoms with Crippen molar-refractivity contribution in [3.8, 4) is 34.4 Å².